The molecule has 0 spiro atoms. The predicted molar refractivity (Wildman–Crippen MR) is 74.4 cm³/mol. The first-order valence-electron chi connectivity index (χ1n) is 5.15. The van der Waals surface area contributed by atoms with Gasteiger partial charge in [-0.1, -0.05) is 12.1 Å². The lowest BCUT2D eigenvalue weighted by Crippen LogP contribution is -2.04. The van der Waals surface area contributed by atoms with Crippen molar-refractivity contribution in [2.75, 3.05) is 0 Å². The number of hydrogen-bond acceptors (Lipinski definition) is 4. The van der Waals surface area contributed by atoms with Gasteiger partial charge in [-0.2, -0.15) is 0 Å². The molecule has 0 fully saturated rings. The molecule has 0 unspecified atom stereocenters. The minimum absolute atomic E-state index is 0.372. The van der Waals surface area contributed by atoms with Gasteiger partial charge in [-0.25, -0.2) is 4.79 Å². The lowest BCUT2D eigenvalue weighted by molar-refractivity contribution is -0.131. The normalized spacial score (nSPS) is 10.1. The summed E-state index contributed by atoms with van der Waals surface area (Å²) < 4.78 is 11.0. The van der Waals surface area contributed by atoms with Crippen LogP contribution in [0.5, 0.6) is 5.75 Å². The molecule has 5 heteroatoms. The van der Waals surface area contributed by atoms with E-state index < -0.39 is 11.6 Å². The van der Waals surface area contributed by atoms with Crippen molar-refractivity contribution in [3.05, 3.63) is 50.4 Å². The van der Waals surface area contributed by atoms with Crippen LogP contribution in [0.1, 0.15) is 6.92 Å². The lowest BCUT2D eigenvalue weighted by atomic mass is 10.1. The van der Waals surface area contributed by atoms with E-state index >= 15 is 0 Å². The van der Waals surface area contributed by atoms with Gasteiger partial charge in [0, 0.05) is 13.0 Å². The Morgan fingerprint density at radius 1 is 1.22 bits per heavy atom. The van der Waals surface area contributed by atoms with Gasteiger partial charge in [-0.3, -0.25) is 4.79 Å². The third-order valence-electron chi connectivity index (χ3n) is 2.17. The fourth-order valence-electron chi connectivity index (χ4n) is 1.48. The van der Waals surface area contributed by atoms with Crippen molar-refractivity contribution in [2.45, 2.75) is 6.92 Å². The molecule has 0 radical (unpaired) electrons. The minimum atomic E-state index is -0.442. The summed E-state index contributed by atoms with van der Waals surface area (Å²) in [5.74, 6) is 0.355. The molecular weight excluding hydrogens is 347 g/mol. The number of esters is 1. The number of benzene rings is 1. The maximum Gasteiger partial charge on any atom is 0.336 e. The zero-order valence-corrected chi connectivity index (χ0v) is 11.6. The molecule has 1 aromatic heterocycles. The summed E-state index contributed by atoms with van der Waals surface area (Å²) in [4.78, 5) is 22.3. The molecule has 2 rings (SSSR count). The van der Waals surface area contributed by atoms with Gasteiger partial charge < -0.3 is 9.15 Å². The summed E-state index contributed by atoms with van der Waals surface area (Å²) in [6.45, 7) is 1.32. The smallest absolute Gasteiger partial charge is 0.336 e. The molecule has 1 aromatic carbocycles. The van der Waals surface area contributed by atoms with E-state index in [4.69, 9.17) is 9.15 Å². The van der Waals surface area contributed by atoms with Crippen molar-refractivity contribution in [1.29, 1.82) is 0 Å². The van der Waals surface area contributed by atoms with Crippen molar-refractivity contribution in [3.63, 3.8) is 0 Å². The highest BCUT2D eigenvalue weighted by Crippen LogP contribution is 2.32. The van der Waals surface area contributed by atoms with Crippen LogP contribution in [-0.2, 0) is 4.79 Å². The Morgan fingerprint density at radius 3 is 2.67 bits per heavy atom. The number of halogens is 1. The van der Waals surface area contributed by atoms with Gasteiger partial charge in [0.1, 0.15) is 5.75 Å². The van der Waals surface area contributed by atoms with E-state index in [0.29, 0.717) is 17.1 Å². The Balaban J connectivity index is 2.59. The molecule has 0 aliphatic rings. The van der Waals surface area contributed by atoms with Crippen molar-refractivity contribution >= 4 is 28.6 Å². The summed E-state index contributed by atoms with van der Waals surface area (Å²) in [5, 5.41) is 0. The Kier molecular flexibility index (Phi) is 3.81. The van der Waals surface area contributed by atoms with E-state index in [1.165, 1.54) is 13.0 Å². The van der Waals surface area contributed by atoms with Gasteiger partial charge in [0.2, 0.25) is 0 Å². The van der Waals surface area contributed by atoms with Gasteiger partial charge in [-0.05, 0) is 40.8 Å². The Bertz CT molecular complexity index is 645. The zero-order valence-electron chi connectivity index (χ0n) is 9.48. The molecular formula is C13H9IO4. The first-order chi connectivity index (χ1) is 8.58. The highest BCUT2D eigenvalue weighted by Gasteiger charge is 2.13. The average Bonchev–Trinajstić information content (AvgIpc) is 2.32. The summed E-state index contributed by atoms with van der Waals surface area (Å²) in [5.41, 5.74) is 0.137. The topological polar surface area (TPSA) is 56.5 Å². The second-order valence-corrected chi connectivity index (χ2v) is 4.68. The van der Waals surface area contributed by atoms with Crippen LogP contribution in [0.4, 0.5) is 0 Å². The van der Waals surface area contributed by atoms with Crippen LogP contribution in [0.15, 0.2) is 45.6 Å². The molecule has 0 aliphatic carbocycles. The van der Waals surface area contributed by atoms with Gasteiger partial charge in [-0.15, -0.1) is 0 Å². The van der Waals surface area contributed by atoms with Crippen LogP contribution in [0.2, 0.25) is 0 Å². The second-order valence-electron chi connectivity index (χ2n) is 3.52. The van der Waals surface area contributed by atoms with Crippen LogP contribution in [0.25, 0.3) is 11.3 Å². The number of hydrogen-bond donors (Lipinski definition) is 0. The van der Waals surface area contributed by atoms with Gasteiger partial charge in [0.25, 0.3) is 0 Å². The molecule has 0 bridgehead atoms. The summed E-state index contributed by atoms with van der Waals surface area (Å²) >= 11 is 2.06. The van der Waals surface area contributed by atoms with Crippen molar-refractivity contribution < 1.29 is 13.9 Å². The number of para-hydroxylation sites is 1. The maximum atomic E-state index is 11.3. The largest absolute Gasteiger partial charge is 0.426 e. The highest BCUT2D eigenvalue weighted by molar-refractivity contribution is 14.1. The van der Waals surface area contributed by atoms with E-state index in [-0.39, 0.29) is 0 Å². The van der Waals surface area contributed by atoms with E-state index in [2.05, 4.69) is 22.6 Å². The highest BCUT2D eigenvalue weighted by atomic mass is 127. The molecule has 18 heavy (non-hydrogen) atoms. The molecule has 1 heterocycles. The molecule has 0 aliphatic heterocycles. The zero-order chi connectivity index (χ0) is 13.1. The van der Waals surface area contributed by atoms with Gasteiger partial charge in [0.05, 0.1) is 9.13 Å². The van der Waals surface area contributed by atoms with E-state index in [0.717, 1.165) is 3.57 Å². The Morgan fingerprint density at radius 2 is 1.94 bits per heavy atom. The van der Waals surface area contributed by atoms with Crippen molar-refractivity contribution in [1.82, 2.24) is 0 Å². The third-order valence-corrected chi connectivity index (χ3v) is 3.02. The van der Waals surface area contributed by atoms with E-state index in [1.807, 2.05) is 0 Å². The van der Waals surface area contributed by atoms with E-state index in [1.54, 1.807) is 30.3 Å². The SMILES string of the molecule is CC(=O)Oc1ccccc1-c1oc(=O)ccc1I. The second kappa shape index (κ2) is 5.34. The van der Waals surface area contributed by atoms with Crippen LogP contribution < -0.4 is 10.4 Å². The molecule has 0 atom stereocenters. The summed E-state index contributed by atoms with van der Waals surface area (Å²) in [7, 11) is 0. The Hall–Kier alpha value is -1.63. The fourth-order valence-corrected chi connectivity index (χ4v) is 2.06. The van der Waals surface area contributed by atoms with Crippen LogP contribution >= 0.6 is 22.6 Å². The van der Waals surface area contributed by atoms with Crippen molar-refractivity contribution in [3.8, 4) is 17.1 Å². The van der Waals surface area contributed by atoms with Gasteiger partial charge in [0.15, 0.2) is 5.76 Å². The minimum Gasteiger partial charge on any atom is -0.426 e. The molecule has 0 saturated carbocycles. The quantitative estimate of drug-likeness (QED) is 0.472. The maximum absolute atomic E-state index is 11.3. The van der Waals surface area contributed by atoms with Crippen LogP contribution in [0.3, 0.4) is 0 Å². The number of rotatable bonds is 2. The molecule has 0 N–H and O–H groups in total. The molecule has 4 nitrogen and oxygen atoms in total. The monoisotopic (exact) mass is 356 g/mol. The molecule has 0 amide bonds. The standard InChI is InChI=1S/C13H9IO4/c1-8(15)17-11-5-3-2-4-9(11)13-10(14)6-7-12(16)18-13/h2-7H,1H3. The number of ether oxygens (including phenoxy) is 1. The van der Waals surface area contributed by atoms with Crippen LogP contribution in [0, 0.1) is 3.57 Å². The molecule has 0 saturated heterocycles. The van der Waals surface area contributed by atoms with Gasteiger partial charge >= 0.3 is 11.6 Å². The fraction of sp³-hybridized carbons (Fsp3) is 0.0769. The Labute approximate surface area is 117 Å². The van der Waals surface area contributed by atoms with Crippen LogP contribution in [-0.4, -0.2) is 5.97 Å². The average molecular weight is 356 g/mol. The third kappa shape index (κ3) is 2.79. The molecule has 92 valence electrons. The lowest BCUT2D eigenvalue weighted by Gasteiger charge is -2.08. The first kappa shape index (κ1) is 12.8. The number of carbonyl (C=O) groups excluding carboxylic acids is 1. The first-order valence-corrected chi connectivity index (χ1v) is 6.23. The summed E-state index contributed by atoms with van der Waals surface area (Å²) in [6, 6.07) is 9.92. The van der Waals surface area contributed by atoms with E-state index in [9.17, 15) is 9.59 Å². The number of carbonyl (C=O) groups is 1. The predicted octanol–water partition coefficient (Wildman–Crippen LogP) is 2.84. The summed E-state index contributed by atoms with van der Waals surface area (Å²) in [6.07, 6.45) is 0. The van der Waals surface area contributed by atoms with Crippen molar-refractivity contribution in [2.24, 2.45) is 0 Å². The molecule has 2 aromatic rings.